The number of aromatic amines is 1. The van der Waals surface area contributed by atoms with E-state index in [-0.39, 0.29) is 5.57 Å². The molecule has 0 saturated heterocycles. The number of H-pyrrole nitrogens is 1. The molecule has 1 aromatic carbocycles. The van der Waals surface area contributed by atoms with Crippen LogP contribution in [0.4, 0.5) is 0 Å². The molecule has 0 aliphatic rings. The van der Waals surface area contributed by atoms with Gasteiger partial charge in [-0.05, 0) is 12.1 Å². The highest BCUT2D eigenvalue weighted by Crippen LogP contribution is 2.20. The van der Waals surface area contributed by atoms with Gasteiger partial charge in [0.1, 0.15) is 6.07 Å². The first-order valence-electron chi connectivity index (χ1n) is 5.02. The minimum absolute atomic E-state index is 0.257. The Morgan fingerprint density at radius 2 is 2.24 bits per heavy atom. The lowest BCUT2D eigenvalue weighted by Gasteiger charge is -1.94. The summed E-state index contributed by atoms with van der Waals surface area (Å²) in [4.78, 5) is 14.2. The van der Waals surface area contributed by atoms with Gasteiger partial charge in [0.2, 0.25) is 0 Å². The molecule has 0 amide bonds. The van der Waals surface area contributed by atoms with Gasteiger partial charge in [-0.3, -0.25) is 0 Å². The number of nitrogens with one attached hydrogen (secondary N) is 1. The summed E-state index contributed by atoms with van der Waals surface area (Å²) in [6.07, 6.45) is 1.17. The quantitative estimate of drug-likeness (QED) is 0.485. The van der Waals surface area contributed by atoms with E-state index in [1.165, 1.54) is 13.2 Å². The van der Waals surface area contributed by atoms with Crippen molar-refractivity contribution in [3.05, 3.63) is 42.1 Å². The third-order valence-corrected chi connectivity index (χ3v) is 2.40. The predicted molar refractivity (Wildman–Crippen MR) is 63.9 cm³/mol. The van der Waals surface area contributed by atoms with E-state index in [4.69, 9.17) is 5.26 Å². The van der Waals surface area contributed by atoms with Gasteiger partial charge in [0.15, 0.2) is 0 Å². The number of fused-ring (bicyclic) bond motifs is 1. The van der Waals surface area contributed by atoms with Crippen LogP contribution in [-0.2, 0) is 9.53 Å². The van der Waals surface area contributed by atoms with Crippen LogP contribution in [0.15, 0.2) is 36.4 Å². The van der Waals surface area contributed by atoms with E-state index in [1.54, 1.807) is 0 Å². The number of para-hydroxylation sites is 1. The molecule has 0 atom stereocenters. The lowest BCUT2D eigenvalue weighted by Crippen LogP contribution is -1.96. The molecule has 0 fully saturated rings. The van der Waals surface area contributed by atoms with Crippen molar-refractivity contribution in [1.29, 1.82) is 5.26 Å². The van der Waals surface area contributed by atoms with Gasteiger partial charge in [0.05, 0.1) is 18.4 Å². The Morgan fingerprint density at radius 1 is 1.47 bits per heavy atom. The minimum Gasteiger partial charge on any atom is -0.466 e. The van der Waals surface area contributed by atoms with Gasteiger partial charge in [-0.25, -0.2) is 4.79 Å². The standard InChI is InChI=1S/C13H10N2O2/c1-17-13(16)7-10(8-14)12-6-9-4-2-3-5-11(9)15-12/h2-7,15H,1H3/b10-7+. The zero-order valence-electron chi connectivity index (χ0n) is 9.23. The van der Waals surface area contributed by atoms with Crippen molar-refractivity contribution in [3.63, 3.8) is 0 Å². The number of allylic oxidation sites excluding steroid dienone is 1. The monoisotopic (exact) mass is 226 g/mol. The number of esters is 1. The number of hydrogen-bond donors (Lipinski definition) is 1. The SMILES string of the molecule is COC(=O)/C=C(\C#N)c1cc2ccccc2[nH]1. The Hall–Kier alpha value is -2.54. The van der Waals surface area contributed by atoms with Crippen molar-refractivity contribution < 1.29 is 9.53 Å². The van der Waals surface area contributed by atoms with Crippen LogP contribution in [0.2, 0.25) is 0 Å². The maximum Gasteiger partial charge on any atom is 0.331 e. The van der Waals surface area contributed by atoms with Gasteiger partial charge in [-0.2, -0.15) is 5.26 Å². The van der Waals surface area contributed by atoms with Crippen molar-refractivity contribution in [2.75, 3.05) is 7.11 Å². The van der Waals surface area contributed by atoms with E-state index < -0.39 is 5.97 Å². The summed E-state index contributed by atoms with van der Waals surface area (Å²) in [5, 5.41) is 10.00. The summed E-state index contributed by atoms with van der Waals surface area (Å²) >= 11 is 0. The smallest absolute Gasteiger partial charge is 0.331 e. The van der Waals surface area contributed by atoms with Crippen molar-refractivity contribution in [2.45, 2.75) is 0 Å². The van der Waals surface area contributed by atoms with Gasteiger partial charge in [-0.1, -0.05) is 18.2 Å². The zero-order valence-corrected chi connectivity index (χ0v) is 9.23. The number of rotatable bonds is 2. The second-order valence-electron chi connectivity index (χ2n) is 3.46. The topological polar surface area (TPSA) is 65.9 Å². The summed E-state index contributed by atoms with van der Waals surface area (Å²) in [5.74, 6) is -0.541. The van der Waals surface area contributed by atoms with Crippen LogP contribution in [0, 0.1) is 11.3 Å². The zero-order chi connectivity index (χ0) is 12.3. The summed E-state index contributed by atoms with van der Waals surface area (Å²) in [6, 6.07) is 11.5. The number of benzene rings is 1. The molecule has 1 heterocycles. The highest BCUT2D eigenvalue weighted by molar-refractivity contribution is 5.97. The van der Waals surface area contributed by atoms with Crippen molar-refractivity contribution in [1.82, 2.24) is 4.98 Å². The number of aromatic nitrogens is 1. The fraction of sp³-hybridized carbons (Fsp3) is 0.0769. The number of hydrogen-bond acceptors (Lipinski definition) is 3. The van der Waals surface area contributed by atoms with Gasteiger partial charge >= 0.3 is 5.97 Å². The molecule has 2 aromatic rings. The average molecular weight is 226 g/mol. The minimum atomic E-state index is -0.541. The first kappa shape index (κ1) is 11.0. The van der Waals surface area contributed by atoms with Crippen LogP contribution in [0.25, 0.3) is 16.5 Å². The predicted octanol–water partition coefficient (Wildman–Crippen LogP) is 2.25. The Morgan fingerprint density at radius 3 is 2.88 bits per heavy atom. The third-order valence-electron chi connectivity index (χ3n) is 2.40. The Labute approximate surface area is 98.1 Å². The number of carbonyl (C=O) groups is 1. The third kappa shape index (κ3) is 2.18. The maximum absolute atomic E-state index is 11.1. The first-order valence-corrected chi connectivity index (χ1v) is 5.02. The maximum atomic E-state index is 11.1. The fourth-order valence-corrected chi connectivity index (χ4v) is 1.57. The molecule has 0 aliphatic heterocycles. The number of nitriles is 1. The highest BCUT2D eigenvalue weighted by atomic mass is 16.5. The van der Waals surface area contributed by atoms with Gasteiger partial charge in [0.25, 0.3) is 0 Å². The number of carbonyl (C=O) groups excluding carboxylic acids is 1. The van der Waals surface area contributed by atoms with Gasteiger partial charge in [-0.15, -0.1) is 0 Å². The first-order chi connectivity index (χ1) is 8.24. The molecule has 84 valence electrons. The largest absolute Gasteiger partial charge is 0.466 e. The molecule has 2 rings (SSSR count). The van der Waals surface area contributed by atoms with E-state index in [9.17, 15) is 4.79 Å². The lowest BCUT2D eigenvalue weighted by atomic mass is 10.2. The van der Waals surface area contributed by atoms with Crippen molar-refractivity contribution >= 4 is 22.4 Å². The Bertz CT molecular complexity index is 599. The van der Waals surface area contributed by atoms with E-state index in [2.05, 4.69) is 9.72 Å². The summed E-state index contributed by atoms with van der Waals surface area (Å²) in [7, 11) is 1.28. The lowest BCUT2D eigenvalue weighted by molar-refractivity contribution is -0.134. The molecule has 0 aliphatic carbocycles. The molecule has 0 spiro atoms. The number of ether oxygens (including phenoxy) is 1. The highest BCUT2D eigenvalue weighted by Gasteiger charge is 2.07. The molecule has 1 N–H and O–H groups in total. The van der Waals surface area contributed by atoms with E-state index in [0.29, 0.717) is 5.69 Å². The van der Waals surface area contributed by atoms with E-state index in [0.717, 1.165) is 10.9 Å². The van der Waals surface area contributed by atoms with Crippen LogP contribution in [-0.4, -0.2) is 18.1 Å². The molecular weight excluding hydrogens is 216 g/mol. The van der Waals surface area contributed by atoms with Crippen LogP contribution in [0.3, 0.4) is 0 Å². The van der Waals surface area contributed by atoms with Crippen LogP contribution < -0.4 is 0 Å². The molecule has 4 heteroatoms. The molecule has 17 heavy (non-hydrogen) atoms. The Balaban J connectivity index is 2.48. The molecule has 0 saturated carbocycles. The number of methoxy groups -OCH3 is 1. The van der Waals surface area contributed by atoms with Gasteiger partial charge in [0, 0.05) is 17.0 Å². The molecule has 0 bridgehead atoms. The van der Waals surface area contributed by atoms with E-state index >= 15 is 0 Å². The molecule has 1 aromatic heterocycles. The Kier molecular flexibility index (Phi) is 2.93. The van der Waals surface area contributed by atoms with Crippen molar-refractivity contribution in [3.8, 4) is 6.07 Å². The van der Waals surface area contributed by atoms with Crippen LogP contribution in [0.1, 0.15) is 5.69 Å². The second kappa shape index (κ2) is 4.54. The summed E-state index contributed by atoms with van der Waals surface area (Å²) in [5.41, 5.74) is 1.79. The molecular formula is C13H10N2O2. The fourth-order valence-electron chi connectivity index (χ4n) is 1.57. The average Bonchev–Trinajstić information content (AvgIpc) is 2.78. The summed E-state index contributed by atoms with van der Waals surface area (Å²) in [6.45, 7) is 0. The van der Waals surface area contributed by atoms with Crippen LogP contribution >= 0.6 is 0 Å². The molecule has 4 nitrogen and oxygen atoms in total. The normalized spacial score (nSPS) is 11.2. The van der Waals surface area contributed by atoms with Gasteiger partial charge < -0.3 is 9.72 Å². The number of nitrogens with zero attached hydrogens (tertiary/aromatic N) is 1. The second-order valence-corrected chi connectivity index (χ2v) is 3.46. The van der Waals surface area contributed by atoms with Crippen molar-refractivity contribution in [2.24, 2.45) is 0 Å². The molecule has 0 unspecified atom stereocenters. The molecule has 0 radical (unpaired) electrons. The van der Waals surface area contributed by atoms with E-state index in [1.807, 2.05) is 36.4 Å². The summed E-state index contributed by atoms with van der Waals surface area (Å²) < 4.78 is 4.50. The van der Waals surface area contributed by atoms with Crippen LogP contribution in [0.5, 0.6) is 0 Å².